The Labute approximate surface area is 178 Å². The first-order chi connectivity index (χ1) is 14.1. The van der Waals surface area contributed by atoms with Crippen molar-refractivity contribution in [2.45, 2.75) is 51.7 Å². The highest BCUT2D eigenvalue weighted by atomic mass is 32.2. The van der Waals surface area contributed by atoms with Gasteiger partial charge < -0.3 is 9.64 Å². The molecule has 1 aromatic carbocycles. The molecule has 0 saturated carbocycles. The maximum Gasteiger partial charge on any atom is 0.263 e. The molecular formula is C21H30N4O4S. The average Bonchev–Trinajstić information content (AvgIpc) is 3.03. The van der Waals surface area contributed by atoms with Gasteiger partial charge in [0.25, 0.3) is 5.91 Å². The highest BCUT2D eigenvalue weighted by Crippen LogP contribution is 2.26. The number of para-hydroxylation sites is 1. The number of nitrogens with zero attached hydrogens (tertiary/aromatic N) is 4. The number of carbonyl (C=O) groups is 1. The number of hydrogen-bond acceptors (Lipinski definition) is 5. The smallest absolute Gasteiger partial charge is 0.263 e. The summed E-state index contributed by atoms with van der Waals surface area (Å²) < 4.78 is 35.4. The molecule has 164 valence electrons. The molecule has 0 N–H and O–H groups in total. The standard InChI is InChI=1S/C21H30N4O4S/c1-15(2)25-17(4)20(16(3)22-25)30(27,28)24-13-11-23(12-14-24)21(26)18(5)29-19-9-7-6-8-10-19/h6-10,15,18H,11-14H2,1-5H3/t18-/m1/s1. The van der Waals surface area contributed by atoms with Crippen LogP contribution >= 0.6 is 0 Å². The van der Waals surface area contributed by atoms with E-state index >= 15 is 0 Å². The Balaban J connectivity index is 1.67. The fourth-order valence-electron chi connectivity index (χ4n) is 3.81. The van der Waals surface area contributed by atoms with Gasteiger partial charge in [-0.1, -0.05) is 18.2 Å². The van der Waals surface area contributed by atoms with E-state index in [1.54, 1.807) is 42.5 Å². The van der Waals surface area contributed by atoms with E-state index in [1.807, 2.05) is 32.0 Å². The zero-order valence-electron chi connectivity index (χ0n) is 18.2. The molecule has 0 unspecified atom stereocenters. The lowest BCUT2D eigenvalue weighted by molar-refractivity contribution is -0.139. The third-order valence-electron chi connectivity index (χ3n) is 5.30. The van der Waals surface area contributed by atoms with Crippen molar-refractivity contribution in [1.82, 2.24) is 19.0 Å². The second-order valence-corrected chi connectivity index (χ2v) is 9.72. The lowest BCUT2D eigenvalue weighted by Crippen LogP contribution is -2.53. The van der Waals surface area contributed by atoms with Crippen molar-refractivity contribution in [3.8, 4) is 5.75 Å². The van der Waals surface area contributed by atoms with E-state index in [9.17, 15) is 13.2 Å². The van der Waals surface area contributed by atoms with Gasteiger partial charge in [0.1, 0.15) is 10.6 Å². The minimum absolute atomic E-state index is 0.0771. The number of aromatic nitrogens is 2. The van der Waals surface area contributed by atoms with Crippen LogP contribution in [0.2, 0.25) is 0 Å². The maximum atomic E-state index is 13.3. The SMILES string of the molecule is Cc1nn(C(C)C)c(C)c1S(=O)(=O)N1CCN(C(=O)[C@@H](C)Oc2ccccc2)CC1. The van der Waals surface area contributed by atoms with E-state index < -0.39 is 16.1 Å². The predicted molar refractivity (Wildman–Crippen MR) is 114 cm³/mol. The highest BCUT2D eigenvalue weighted by molar-refractivity contribution is 7.89. The molecule has 1 aliphatic heterocycles. The second-order valence-electron chi connectivity index (χ2n) is 7.84. The van der Waals surface area contributed by atoms with Crippen molar-refractivity contribution in [3.05, 3.63) is 41.7 Å². The first kappa shape index (κ1) is 22.3. The third kappa shape index (κ3) is 4.37. The van der Waals surface area contributed by atoms with E-state index in [0.717, 1.165) is 0 Å². The molecule has 1 saturated heterocycles. The molecule has 0 radical (unpaired) electrons. The third-order valence-corrected chi connectivity index (χ3v) is 7.45. The van der Waals surface area contributed by atoms with Gasteiger partial charge >= 0.3 is 0 Å². The molecule has 2 heterocycles. The second kappa shape index (κ2) is 8.77. The van der Waals surface area contributed by atoms with Crippen molar-refractivity contribution < 1.29 is 17.9 Å². The monoisotopic (exact) mass is 434 g/mol. The molecule has 0 spiro atoms. The van der Waals surface area contributed by atoms with Crippen LogP contribution in [-0.2, 0) is 14.8 Å². The summed E-state index contributed by atoms with van der Waals surface area (Å²) in [6.45, 7) is 10.3. The Kier molecular flexibility index (Phi) is 6.52. The Hall–Kier alpha value is -2.39. The molecule has 1 fully saturated rings. The number of sulfonamides is 1. The van der Waals surface area contributed by atoms with Crippen LogP contribution in [0.15, 0.2) is 35.2 Å². The van der Waals surface area contributed by atoms with Crippen LogP contribution in [0.3, 0.4) is 0 Å². The largest absolute Gasteiger partial charge is 0.481 e. The molecule has 3 rings (SSSR count). The van der Waals surface area contributed by atoms with Gasteiger partial charge in [0, 0.05) is 32.2 Å². The molecule has 1 amide bonds. The van der Waals surface area contributed by atoms with Gasteiger partial charge in [0.2, 0.25) is 10.0 Å². The van der Waals surface area contributed by atoms with Gasteiger partial charge in [0.05, 0.1) is 11.4 Å². The van der Waals surface area contributed by atoms with Crippen LogP contribution in [0.1, 0.15) is 38.2 Å². The molecule has 0 aliphatic carbocycles. The van der Waals surface area contributed by atoms with Crippen LogP contribution in [0.5, 0.6) is 5.75 Å². The van der Waals surface area contributed by atoms with E-state index in [4.69, 9.17) is 4.74 Å². The Bertz CT molecular complexity index is 994. The number of piperazine rings is 1. The Morgan fingerprint density at radius 3 is 2.17 bits per heavy atom. The zero-order chi connectivity index (χ0) is 22.1. The summed E-state index contributed by atoms with van der Waals surface area (Å²) in [5.41, 5.74) is 1.15. The minimum atomic E-state index is -3.67. The first-order valence-electron chi connectivity index (χ1n) is 10.2. The number of carbonyl (C=O) groups excluding carboxylic acids is 1. The molecule has 1 aromatic heterocycles. The minimum Gasteiger partial charge on any atom is -0.481 e. The maximum absolute atomic E-state index is 13.3. The Morgan fingerprint density at radius 1 is 1.03 bits per heavy atom. The predicted octanol–water partition coefficient (Wildman–Crippen LogP) is 2.38. The molecule has 30 heavy (non-hydrogen) atoms. The molecule has 1 aliphatic rings. The average molecular weight is 435 g/mol. The molecule has 8 nitrogen and oxygen atoms in total. The van der Waals surface area contributed by atoms with Crippen molar-refractivity contribution in [1.29, 1.82) is 0 Å². The number of aryl methyl sites for hydroxylation is 1. The van der Waals surface area contributed by atoms with Crippen molar-refractivity contribution in [3.63, 3.8) is 0 Å². The normalized spacial score (nSPS) is 16.7. The number of rotatable bonds is 6. The Morgan fingerprint density at radius 2 is 1.63 bits per heavy atom. The topological polar surface area (TPSA) is 84.7 Å². The highest BCUT2D eigenvalue weighted by Gasteiger charge is 2.35. The van der Waals surface area contributed by atoms with Gasteiger partial charge in [-0.2, -0.15) is 9.40 Å². The quantitative estimate of drug-likeness (QED) is 0.697. The molecule has 0 bridgehead atoms. The van der Waals surface area contributed by atoms with Crippen molar-refractivity contribution in [2.75, 3.05) is 26.2 Å². The summed E-state index contributed by atoms with van der Waals surface area (Å²) in [5, 5.41) is 4.41. The van der Waals surface area contributed by atoms with Crippen LogP contribution < -0.4 is 4.74 Å². The molecule has 9 heteroatoms. The van der Waals surface area contributed by atoms with Gasteiger partial charge in [-0.25, -0.2) is 8.42 Å². The lowest BCUT2D eigenvalue weighted by Gasteiger charge is -2.35. The lowest BCUT2D eigenvalue weighted by atomic mass is 10.3. The van der Waals surface area contributed by atoms with Gasteiger partial charge in [-0.05, 0) is 46.8 Å². The summed E-state index contributed by atoms with van der Waals surface area (Å²) in [5.74, 6) is 0.489. The summed E-state index contributed by atoms with van der Waals surface area (Å²) >= 11 is 0. The fraction of sp³-hybridized carbons (Fsp3) is 0.524. The van der Waals surface area contributed by atoms with Crippen LogP contribution in [-0.4, -0.2) is 65.6 Å². The van der Waals surface area contributed by atoms with Crippen LogP contribution in [0, 0.1) is 13.8 Å². The van der Waals surface area contributed by atoms with E-state index in [0.29, 0.717) is 30.2 Å². The van der Waals surface area contributed by atoms with Gasteiger partial charge in [-0.15, -0.1) is 0 Å². The molecule has 2 aromatic rings. The summed E-state index contributed by atoms with van der Waals surface area (Å²) in [4.78, 5) is 14.7. The van der Waals surface area contributed by atoms with Crippen LogP contribution in [0.25, 0.3) is 0 Å². The zero-order valence-corrected chi connectivity index (χ0v) is 19.0. The first-order valence-corrected chi connectivity index (χ1v) is 11.6. The number of ether oxygens (including phenoxy) is 1. The summed E-state index contributed by atoms with van der Waals surface area (Å²) in [6.07, 6.45) is -0.635. The molecule has 1 atom stereocenters. The van der Waals surface area contributed by atoms with Crippen molar-refractivity contribution >= 4 is 15.9 Å². The summed E-state index contributed by atoms with van der Waals surface area (Å²) in [6, 6.07) is 9.26. The van der Waals surface area contributed by atoms with E-state index in [-0.39, 0.29) is 29.9 Å². The fourth-order valence-corrected chi connectivity index (χ4v) is 5.60. The van der Waals surface area contributed by atoms with Gasteiger partial charge in [0.15, 0.2) is 6.10 Å². The van der Waals surface area contributed by atoms with Gasteiger partial charge in [-0.3, -0.25) is 9.48 Å². The molecular weight excluding hydrogens is 404 g/mol. The summed E-state index contributed by atoms with van der Waals surface area (Å²) in [7, 11) is -3.67. The van der Waals surface area contributed by atoms with Crippen molar-refractivity contribution in [2.24, 2.45) is 0 Å². The number of benzene rings is 1. The number of hydrogen-bond donors (Lipinski definition) is 0. The number of amides is 1. The van der Waals surface area contributed by atoms with E-state index in [2.05, 4.69) is 5.10 Å². The van der Waals surface area contributed by atoms with Crippen LogP contribution in [0.4, 0.5) is 0 Å². The van der Waals surface area contributed by atoms with E-state index in [1.165, 1.54) is 4.31 Å².